The fourth-order valence-corrected chi connectivity index (χ4v) is 1.39. The average molecular weight is 191 g/mol. The second kappa shape index (κ2) is 3.53. The first-order valence-corrected chi connectivity index (χ1v) is 4.36. The predicted molar refractivity (Wildman–Crippen MR) is 47.1 cm³/mol. The van der Waals surface area contributed by atoms with Crippen LogP contribution >= 0.6 is 0 Å². The molecule has 0 radical (unpaired) electrons. The number of rotatable bonds is 2. The molecule has 72 valence electrons. The van der Waals surface area contributed by atoms with Gasteiger partial charge in [0.2, 0.25) is 5.78 Å². The van der Waals surface area contributed by atoms with E-state index in [-0.39, 0.29) is 5.78 Å². The Kier molecular flexibility index (Phi) is 2.22. The molecule has 0 N–H and O–H groups in total. The van der Waals surface area contributed by atoms with Crippen LogP contribution < -0.4 is 0 Å². The van der Waals surface area contributed by atoms with Crippen molar-refractivity contribution in [3.63, 3.8) is 0 Å². The van der Waals surface area contributed by atoms with Crippen LogP contribution in [0.4, 0.5) is 0 Å². The molecule has 5 heteroatoms. The summed E-state index contributed by atoms with van der Waals surface area (Å²) in [7, 11) is 0. The molecule has 1 aromatic heterocycles. The van der Waals surface area contributed by atoms with Crippen LogP contribution in [0.25, 0.3) is 0 Å². The van der Waals surface area contributed by atoms with Crippen molar-refractivity contribution < 1.29 is 9.59 Å². The monoisotopic (exact) mass is 191 g/mol. The molecule has 1 aliphatic heterocycles. The normalized spacial score (nSPS) is 16.4. The van der Waals surface area contributed by atoms with Crippen LogP contribution in [0, 0.1) is 0 Å². The van der Waals surface area contributed by atoms with Gasteiger partial charge in [-0.05, 0) is 12.1 Å². The van der Waals surface area contributed by atoms with Crippen LogP contribution in [0.15, 0.2) is 18.3 Å². The first-order valence-electron chi connectivity index (χ1n) is 4.36. The maximum atomic E-state index is 11.2. The van der Waals surface area contributed by atoms with Crippen molar-refractivity contribution in [2.24, 2.45) is 0 Å². The molecule has 1 aromatic rings. The van der Waals surface area contributed by atoms with Crippen LogP contribution in [0.3, 0.4) is 0 Å². The molecule has 5 nitrogen and oxygen atoms in total. The number of carbonyl (C=O) groups is 2. The van der Waals surface area contributed by atoms with E-state index in [1.165, 1.54) is 4.90 Å². The third kappa shape index (κ3) is 1.61. The van der Waals surface area contributed by atoms with E-state index >= 15 is 0 Å². The maximum Gasteiger partial charge on any atom is 0.290 e. The van der Waals surface area contributed by atoms with Gasteiger partial charge in [-0.15, -0.1) is 0 Å². The summed E-state index contributed by atoms with van der Waals surface area (Å²) in [6, 6.07) is 3.54. The second-order valence-corrected chi connectivity index (χ2v) is 3.11. The molecule has 0 unspecified atom stereocenters. The summed E-state index contributed by atoms with van der Waals surface area (Å²) in [5, 5.41) is 7.54. The van der Waals surface area contributed by atoms with E-state index in [4.69, 9.17) is 0 Å². The molecule has 0 spiro atoms. The Morgan fingerprint density at radius 1 is 1.43 bits per heavy atom. The number of Topliss-reactive ketones (excluding diaryl/α,β-unsaturated/α-hetero) is 1. The SMILES string of the molecule is O=C1CCN(Cc2cccnn2)C1=O. The van der Waals surface area contributed by atoms with Gasteiger partial charge in [0.05, 0.1) is 12.2 Å². The first kappa shape index (κ1) is 8.80. The molecule has 1 fully saturated rings. The number of amides is 1. The topological polar surface area (TPSA) is 63.2 Å². The molecule has 0 saturated carbocycles. The molecule has 0 bridgehead atoms. The average Bonchev–Trinajstić information content (AvgIpc) is 2.52. The van der Waals surface area contributed by atoms with Crippen molar-refractivity contribution in [2.75, 3.05) is 6.54 Å². The zero-order valence-electron chi connectivity index (χ0n) is 7.51. The summed E-state index contributed by atoms with van der Waals surface area (Å²) in [6.45, 7) is 0.868. The summed E-state index contributed by atoms with van der Waals surface area (Å²) >= 11 is 0. The van der Waals surface area contributed by atoms with Crippen LogP contribution in [0.1, 0.15) is 12.1 Å². The van der Waals surface area contributed by atoms with Crippen molar-refractivity contribution in [3.8, 4) is 0 Å². The lowest BCUT2D eigenvalue weighted by Gasteiger charge is -2.12. The number of ketones is 1. The third-order valence-electron chi connectivity index (χ3n) is 2.11. The van der Waals surface area contributed by atoms with E-state index in [0.29, 0.717) is 25.2 Å². The van der Waals surface area contributed by atoms with Crippen LogP contribution in [0.5, 0.6) is 0 Å². The van der Waals surface area contributed by atoms with Gasteiger partial charge in [0, 0.05) is 19.2 Å². The molecule has 0 atom stereocenters. The third-order valence-corrected chi connectivity index (χ3v) is 2.11. The highest BCUT2D eigenvalue weighted by Gasteiger charge is 2.29. The van der Waals surface area contributed by atoms with E-state index in [0.717, 1.165) is 0 Å². The van der Waals surface area contributed by atoms with Crippen LogP contribution in [-0.2, 0) is 16.1 Å². The summed E-state index contributed by atoms with van der Waals surface area (Å²) in [5.41, 5.74) is 0.704. The number of hydrogen-bond donors (Lipinski definition) is 0. The number of carbonyl (C=O) groups excluding carboxylic acids is 2. The molecule has 1 saturated heterocycles. The van der Waals surface area contributed by atoms with Crippen molar-refractivity contribution in [1.82, 2.24) is 15.1 Å². The first-order chi connectivity index (χ1) is 6.77. The van der Waals surface area contributed by atoms with E-state index in [2.05, 4.69) is 10.2 Å². The molecular formula is C9H9N3O2. The van der Waals surface area contributed by atoms with E-state index in [1.807, 2.05) is 0 Å². The minimum absolute atomic E-state index is 0.311. The molecule has 0 aromatic carbocycles. The van der Waals surface area contributed by atoms with Gasteiger partial charge in [-0.25, -0.2) is 0 Å². The van der Waals surface area contributed by atoms with E-state index < -0.39 is 5.91 Å². The number of hydrogen-bond acceptors (Lipinski definition) is 4. The summed E-state index contributed by atoms with van der Waals surface area (Å²) < 4.78 is 0. The van der Waals surface area contributed by atoms with Gasteiger partial charge in [0.15, 0.2) is 0 Å². The predicted octanol–water partition coefficient (Wildman–Crippen LogP) is -0.222. The van der Waals surface area contributed by atoms with Gasteiger partial charge in [-0.2, -0.15) is 10.2 Å². The van der Waals surface area contributed by atoms with Crippen molar-refractivity contribution in [1.29, 1.82) is 0 Å². The Labute approximate surface area is 80.7 Å². The zero-order chi connectivity index (χ0) is 9.97. The molecule has 2 rings (SSSR count). The molecule has 1 aliphatic rings. The summed E-state index contributed by atoms with van der Waals surface area (Å²) in [4.78, 5) is 23.7. The fraction of sp³-hybridized carbons (Fsp3) is 0.333. The molecule has 14 heavy (non-hydrogen) atoms. The lowest BCUT2D eigenvalue weighted by Crippen LogP contribution is -2.27. The van der Waals surface area contributed by atoms with Crippen LogP contribution in [-0.4, -0.2) is 33.3 Å². The van der Waals surface area contributed by atoms with Crippen molar-refractivity contribution in [3.05, 3.63) is 24.0 Å². The minimum Gasteiger partial charge on any atom is -0.330 e. The highest BCUT2D eigenvalue weighted by Crippen LogP contribution is 2.09. The number of nitrogens with zero attached hydrogens (tertiary/aromatic N) is 3. The Hall–Kier alpha value is -1.78. The van der Waals surface area contributed by atoms with Gasteiger partial charge in [0.25, 0.3) is 5.91 Å². The Bertz CT molecular complexity index is 364. The lowest BCUT2D eigenvalue weighted by atomic mass is 10.3. The smallest absolute Gasteiger partial charge is 0.290 e. The number of aromatic nitrogens is 2. The largest absolute Gasteiger partial charge is 0.330 e. The van der Waals surface area contributed by atoms with E-state index in [9.17, 15) is 9.59 Å². The maximum absolute atomic E-state index is 11.2. The Morgan fingerprint density at radius 3 is 2.86 bits per heavy atom. The standard InChI is InChI=1S/C9H9N3O2/c13-8-3-5-12(9(8)14)6-7-2-1-4-10-11-7/h1-2,4H,3,5-6H2. The Balaban J connectivity index is 2.06. The molecule has 1 amide bonds. The van der Waals surface area contributed by atoms with Crippen molar-refractivity contribution >= 4 is 11.7 Å². The molecule has 2 heterocycles. The van der Waals surface area contributed by atoms with Crippen molar-refractivity contribution in [2.45, 2.75) is 13.0 Å². The van der Waals surface area contributed by atoms with E-state index in [1.54, 1.807) is 18.3 Å². The summed E-state index contributed by atoms with van der Waals surface area (Å²) in [5.74, 6) is -0.718. The minimum atomic E-state index is -0.407. The molecule has 0 aliphatic carbocycles. The molecular weight excluding hydrogens is 182 g/mol. The second-order valence-electron chi connectivity index (χ2n) is 3.11. The highest BCUT2D eigenvalue weighted by molar-refractivity contribution is 6.37. The van der Waals surface area contributed by atoms with Crippen LogP contribution in [0.2, 0.25) is 0 Å². The van der Waals surface area contributed by atoms with Gasteiger partial charge in [-0.1, -0.05) is 0 Å². The van der Waals surface area contributed by atoms with Gasteiger partial charge < -0.3 is 4.90 Å². The zero-order valence-corrected chi connectivity index (χ0v) is 7.51. The van der Waals surface area contributed by atoms with Gasteiger partial charge >= 0.3 is 0 Å². The number of likely N-dealkylation sites (tertiary alicyclic amines) is 1. The van der Waals surface area contributed by atoms with Gasteiger partial charge in [-0.3, -0.25) is 9.59 Å². The quantitative estimate of drug-likeness (QED) is 0.606. The highest BCUT2D eigenvalue weighted by atomic mass is 16.2. The Morgan fingerprint density at radius 2 is 2.29 bits per heavy atom. The van der Waals surface area contributed by atoms with Gasteiger partial charge in [0.1, 0.15) is 0 Å². The lowest BCUT2D eigenvalue weighted by molar-refractivity contribution is -0.140. The fourth-order valence-electron chi connectivity index (χ4n) is 1.39. The summed E-state index contributed by atoms with van der Waals surface area (Å²) in [6.07, 6.45) is 1.89.